The molecule has 132 valence electrons. The van der Waals surface area contributed by atoms with Crippen molar-refractivity contribution < 1.29 is 24.2 Å². The lowest BCUT2D eigenvalue weighted by atomic mass is 10.1. The molecule has 0 aliphatic carbocycles. The van der Waals surface area contributed by atoms with E-state index in [4.69, 9.17) is 14.6 Å². The molecule has 1 amide bonds. The van der Waals surface area contributed by atoms with Crippen molar-refractivity contribution in [3.8, 4) is 11.5 Å². The molecule has 2 rings (SSSR count). The molecule has 0 aliphatic heterocycles. The molecule has 6 nitrogen and oxygen atoms in total. The maximum Gasteiger partial charge on any atom is 0.339 e. The summed E-state index contributed by atoms with van der Waals surface area (Å²) in [7, 11) is 1.38. The maximum absolute atomic E-state index is 12.2. The number of carbonyl (C=O) groups is 2. The van der Waals surface area contributed by atoms with Crippen LogP contribution >= 0.6 is 0 Å². The molecule has 2 aromatic carbocycles. The Morgan fingerprint density at radius 1 is 1.16 bits per heavy atom. The first-order valence-electron chi connectivity index (χ1n) is 7.86. The third kappa shape index (κ3) is 5.24. The third-order valence-corrected chi connectivity index (χ3v) is 3.35. The molecule has 0 spiro atoms. The second kappa shape index (κ2) is 8.19. The highest BCUT2D eigenvalue weighted by atomic mass is 16.5. The van der Waals surface area contributed by atoms with Gasteiger partial charge in [-0.2, -0.15) is 0 Å². The second-order valence-electron chi connectivity index (χ2n) is 5.76. The molecule has 2 aromatic rings. The monoisotopic (exact) mass is 343 g/mol. The van der Waals surface area contributed by atoms with E-state index in [1.54, 1.807) is 0 Å². The van der Waals surface area contributed by atoms with E-state index in [0.717, 1.165) is 5.56 Å². The summed E-state index contributed by atoms with van der Waals surface area (Å²) >= 11 is 0. The quantitative estimate of drug-likeness (QED) is 0.805. The number of amides is 1. The number of anilines is 1. The highest BCUT2D eigenvalue weighted by molar-refractivity contribution is 5.95. The second-order valence-corrected chi connectivity index (χ2v) is 5.76. The van der Waals surface area contributed by atoms with Crippen molar-refractivity contribution in [1.29, 1.82) is 0 Å². The van der Waals surface area contributed by atoms with Gasteiger partial charge in [0.2, 0.25) is 5.91 Å². The molecule has 0 radical (unpaired) electrons. The summed E-state index contributed by atoms with van der Waals surface area (Å²) in [6, 6.07) is 11.8. The van der Waals surface area contributed by atoms with Crippen LogP contribution in [0.25, 0.3) is 0 Å². The molecule has 0 atom stereocenters. The van der Waals surface area contributed by atoms with E-state index in [9.17, 15) is 9.59 Å². The fourth-order valence-corrected chi connectivity index (χ4v) is 2.34. The minimum Gasteiger partial charge on any atom is -0.496 e. The van der Waals surface area contributed by atoms with Crippen molar-refractivity contribution in [3.05, 3.63) is 53.6 Å². The predicted octanol–water partition coefficient (Wildman–Crippen LogP) is 3.36. The van der Waals surface area contributed by atoms with E-state index in [1.807, 2.05) is 38.1 Å². The Bertz CT molecular complexity index is 770. The first kappa shape index (κ1) is 18.3. The van der Waals surface area contributed by atoms with Gasteiger partial charge in [-0.1, -0.05) is 12.1 Å². The lowest BCUT2D eigenvalue weighted by molar-refractivity contribution is -0.115. The van der Waals surface area contributed by atoms with Crippen molar-refractivity contribution in [1.82, 2.24) is 0 Å². The number of carbonyl (C=O) groups excluding carboxylic acids is 1. The van der Waals surface area contributed by atoms with Crippen molar-refractivity contribution in [3.63, 3.8) is 0 Å². The average Bonchev–Trinajstić information content (AvgIpc) is 2.54. The number of carboxylic acid groups (broad SMARTS) is 1. The zero-order chi connectivity index (χ0) is 18.4. The van der Waals surface area contributed by atoms with Gasteiger partial charge in [-0.15, -0.1) is 0 Å². The highest BCUT2D eigenvalue weighted by Crippen LogP contribution is 2.23. The zero-order valence-corrected chi connectivity index (χ0v) is 14.4. The van der Waals surface area contributed by atoms with Crippen LogP contribution in [0.2, 0.25) is 0 Å². The lowest BCUT2D eigenvalue weighted by Gasteiger charge is -2.11. The van der Waals surface area contributed by atoms with Crippen molar-refractivity contribution in [2.24, 2.45) is 0 Å². The summed E-state index contributed by atoms with van der Waals surface area (Å²) in [5.74, 6) is -0.395. The molecule has 6 heteroatoms. The minimum absolute atomic E-state index is 0.0408. The third-order valence-electron chi connectivity index (χ3n) is 3.35. The molecular formula is C19H21NO5. The van der Waals surface area contributed by atoms with E-state index in [2.05, 4.69) is 5.32 Å². The summed E-state index contributed by atoms with van der Waals surface area (Å²) in [4.78, 5) is 23.3. The van der Waals surface area contributed by atoms with Crippen LogP contribution in [0.15, 0.2) is 42.5 Å². The summed E-state index contributed by atoms with van der Waals surface area (Å²) < 4.78 is 10.7. The lowest BCUT2D eigenvalue weighted by Crippen LogP contribution is -2.15. The van der Waals surface area contributed by atoms with Crippen molar-refractivity contribution >= 4 is 17.6 Å². The van der Waals surface area contributed by atoms with Gasteiger partial charge in [0, 0.05) is 11.8 Å². The number of benzene rings is 2. The maximum atomic E-state index is 12.2. The van der Waals surface area contributed by atoms with E-state index in [0.29, 0.717) is 11.4 Å². The zero-order valence-electron chi connectivity index (χ0n) is 14.4. The number of nitrogens with one attached hydrogen (secondary N) is 1. The van der Waals surface area contributed by atoms with Crippen LogP contribution in [0.3, 0.4) is 0 Å². The van der Waals surface area contributed by atoms with Gasteiger partial charge in [-0.3, -0.25) is 4.79 Å². The normalized spacial score (nSPS) is 10.4. The molecule has 0 fully saturated rings. The number of aromatic carboxylic acids is 1. The van der Waals surface area contributed by atoms with Gasteiger partial charge in [0.25, 0.3) is 0 Å². The van der Waals surface area contributed by atoms with Gasteiger partial charge in [0.1, 0.15) is 17.1 Å². The van der Waals surface area contributed by atoms with Gasteiger partial charge in [-0.05, 0) is 43.7 Å². The SMILES string of the molecule is COc1cc(NC(=O)Cc2cccc(OC(C)C)c2)ccc1C(=O)O. The molecular weight excluding hydrogens is 322 g/mol. The summed E-state index contributed by atoms with van der Waals surface area (Å²) in [5, 5.41) is 11.8. The van der Waals surface area contributed by atoms with Gasteiger partial charge < -0.3 is 19.9 Å². The summed E-state index contributed by atoms with van der Waals surface area (Å²) in [5.41, 5.74) is 1.34. The number of hydrogen-bond acceptors (Lipinski definition) is 4. The highest BCUT2D eigenvalue weighted by Gasteiger charge is 2.13. The minimum atomic E-state index is -1.09. The Labute approximate surface area is 146 Å². The first-order chi connectivity index (χ1) is 11.9. The Hall–Kier alpha value is -3.02. The van der Waals surface area contributed by atoms with Crippen LogP contribution in [0.5, 0.6) is 11.5 Å². The molecule has 2 N–H and O–H groups in total. The Kier molecular flexibility index (Phi) is 6.00. The van der Waals surface area contributed by atoms with Gasteiger partial charge >= 0.3 is 5.97 Å². The molecule has 25 heavy (non-hydrogen) atoms. The molecule has 0 unspecified atom stereocenters. The van der Waals surface area contributed by atoms with Crippen LogP contribution in [0.1, 0.15) is 29.8 Å². The number of methoxy groups -OCH3 is 1. The van der Waals surface area contributed by atoms with Gasteiger partial charge in [0.15, 0.2) is 0 Å². The Morgan fingerprint density at radius 2 is 1.92 bits per heavy atom. The van der Waals surface area contributed by atoms with E-state index in [-0.39, 0.29) is 29.7 Å². The largest absolute Gasteiger partial charge is 0.496 e. The number of rotatable bonds is 7. The molecule has 0 bridgehead atoms. The van der Waals surface area contributed by atoms with Crippen LogP contribution in [-0.4, -0.2) is 30.2 Å². The van der Waals surface area contributed by atoms with Crippen LogP contribution < -0.4 is 14.8 Å². The summed E-state index contributed by atoms with van der Waals surface area (Å²) in [6.45, 7) is 3.88. The molecule has 0 aliphatic rings. The fourth-order valence-electron chi connectivity index (χ4n) is 2.34. The van der Waals surface area contributed by atoms with Gasteiger partial charge in [0.05, 0.1) is 19.6 Å². The Morgan fingerprint density at radius 3 is 2.56 bits per heavy atom. The Balaban J connectivity index is 2.06. The number of ether oxygens (including phenoxy) is 2. The fraction of sp³-hybridized carbons (Fsp3) is 0.263. The van der Waals surface area contributed by atoms with Crippen LogP contribution in [-0.2, 0) is 11.2 Å². The van der Waals surface area contributed by atoms with Crippen LogP contribution in [0, 0.1) is 0 Å². The molecule has 0 heterocycles. The smallest absolute Gasteiger partial charge is 0.339 e. The van der Waals surface area contributed by atoms with E-state index < -0.39 is 5.97 Å². The molecule has 0 aromatic heterocycles. The number of hydrogen-bond donors (Lipinski definition) is 2. The topological polar surface area (TPSA) is 84.9 Å². The van der Waals surface area contributed by atoms with Crippen molar-refractivity contribution in [2.75, 3.05) is 12.4 Å². The predicted molar refractivity (Wildman–Crippen MR) is 94.5 cm³/mol. The number of carboxylic acids is 1. The van der Waals surface area contributed by atoms with E-state index in [1.165, 1.54) is 25.3 Å². The molecule has 0 saturated carbocycles. The van der Waals surface area contributed by atoms with E-state index >= 15 is 0 Å². The molecule has 0 saturated heterocycles. The van der Waals surface area contributed by atoms with Crippen LogP contribution in [0.4, 0.5) is 5.69 Å². The first-order valence-corrected chi connectivity index (χ1v) is 7.86. The average molecular weight is 343 g/mol. The van der Waals surface area contributed by atoms with Gasteiger partial charge in [-0.25, -0.2) is 4.79 Å². The standard InChI is InChI=1S/C19H21NO5/c1-12(2)25-15-6-4-5-13(9-15)10-18(21)20-14-7-8-16(19(22)23)17(11-14)24-3/h4-9,11-12H,10H2,1-3H3,(H,20,21)(H,22,23). The summed E-state index contributed by atoms with van der Waals surface area (Å²) in [6.07, 6.45) is 0.238. The van der Waals surface area contributed by atoms with Crippen molar-refractivity contribution in [2.45, 2.75) is 26.4 Å².